The summed E-state index contributed by atoms with van der Waals surface area (Å²) >= 11 is 0. The summed E-state index contributed by atoms with van der Waals surface area (Å²) < 4.78 is 2.17. The van der Waals surface area contributed by atoms with Crippen molar-refractivity contribution in [3.63, 3.8) is 0 Å². The van der Waals surface area contributed by atoms with Crippen molar-refractivity contribution in [1.29, 1.82) is 0 Å². The van der Waals surface area contributed by atoms with Crippen LogP contribution in [-0.2, 0) is 7.05 Å². The molecule has 0 aliphatic heterocycles. The largest absolute Gasteiger partial charge is 0.208 e. The van der Waals surface area contributed by atoms with Crippen LogP contribution in [0, 0.1) is 0 Å². The maximum Gasteiger partial charge on any atom is 0.168 e. The minimum absolute atomic E-state index is 0.775. The average molecular weight is 501 g/mol. The van der Waals surface area contributed by atoms with Gasteiger partial charge in [0.25, 0.3) is 0 Å². The molecular weight excluding hydrogens is 434 g/mol. The Morgan fingerprint density at radius 3 is 1.03 bits per heavy atom. The van der Waals surface area contributed by atoms with Gasteiger partial charge in [0.1, 0.15) is 7.05 Å². The van der Waals surface area contributed by atoms with Crippen LogP contribution >= 0.6 is 0 Å². The number of pyridine rings is 1. The monoisotopic (exact) mass is 501 g/mol. The molecule has 0 unspecified atom stereocenters. The molecule has 0 bridgehead atoms. The van der Waals surface area contributed by atoms with E-state index >= 15 is 0 Å². The van der Waals surface area contributed by atoms with E-state index in [0.29, 0.717) is 0 Å². The molecular formula is C35H66N+. The van der Waals surface area contributed by atoms with Crippen LogP contribution in [0.3, 0.4) is 0 Å². The second kappa shape index (κ2) is 25.8. The zero-order chi connectivity index (χ0) is 25.9. The van der Waals surface area contributed by atoms with Gasteiger partial charge in [-0.1, -0.05) is 168 Å². The van der Waals surface area contributed by atoms with Gasteiger partial charge in [-0.15, -0.1) is 0 Å². The molecule has 1 nitrogen and oxygen atoms in total. The second-order valence-electron chi connectivity index (χ2n) is 11.8. The standard InChI is InChI=1S/C35H66N/c1-4-6-8-10-12-14-16-18-20-22-24-26-28-34(35-30-32-36(3)33-31-35)29-27-25-23-21-19-17-15-13-11-9-7-5-2/h30-34H,4-29H2,1-3H3/q+1. The molecule has 0 spiro atoms. The van der Waals surface area contributed by atoms with Crippen molar-refractivity contribution in [3.8, 4) is 0 Å². The minimum atomic E-state index is 0.775. The number of nitrogens with zero attached hydrogens (tertiary/aromatic N) is 1. The second-order valence-corrected chi connectivity index (χ2v) is 11.8. The summed E-state index contributed by atoms with van der Waals surface area (Å²) in [4.78, 5) is 0. The molecule has 0 amide bonds. The predicted molar refractivity (Wildman–Crippen MR) is 162 cm³/mol. The normalized spacial score (nSPS) is 11.6. The highest BCUT2D eigenvalue weighted by molar-refractivity contribution is 5.13. The molecule has 0 saturated carbocycles. The van der Waals surface area contributed by atoms with Crippen molar-refractivity contribution in [2.45, 2.75) is 187 Å². The SMILES string of the molecule is CCCCCCCCCCCCCCC(CCCCCCCCCCCCCC)c1cc[n+](C)cc1. The Balaban J connectivity index is 2.10. The van der Waals surface area contributed by atoms with Gasteiger partial charge in [-0.05, 0) is 24.3 Å². The Kier molecular flexibility index (Phi) is 23.8. The molecule has 1 aromatic rings. The molecule has 1 heteroatoms. The first-order valence-corrected chi connectivity index (χ1v) is 16.7. The van der Waals surface area contributed by atoms with Crippen molar-refractivity contribution in [1.82, 2.24) is 0 Å². The predicted octanol–water partition coefficient (Wildman–Crippen LogP) is 11.8. The van der Waals surface area contributed by atoms with Crippen LogP contribution in [0.4, 0.5) is 0 Å². The van der Waals surface area contributed by atoms with E-state index in [-0.39, 0.29) is 0 Å². The van der Waals surface area contributed by atoms with Crippen molar-refractivity contribution >= 4 is 0 Å². The van der Waals surface area contributed by atoms with Gasteiger partial charge in [-0.2, -0.15) is 0 Å². The number of rotatable bonds is 27. The Morgan fingerprint density at radius 1 is 0.444 bits per heavy atom. The van der Waals surface area contributed by atoms with Gasteiger partial charge in [0.2, 0.25) is 0 Å². The molecule has 0 radical (unpaired) electrons. The fourth-order valence-corrected chi connectivity index (χ4v) is 5.73. The van der Waals surface area contributed by atoms with E-state index in [1.807, 2.05) is 0 Å². The van der Waals surface area contributed by atoms with E-state index in [1.54, 1.807) is 5.56 Å². The molecule has 0 N–H and O–H groups in total. The van der Waals surface area contributed by atoms with Gasteiger partial charge < -0.3 is 0 Å². The average Bonchev–Trinajstić information content (AvgIpc) is 2.89. The summed E-state index contributed by atoms with van der Waals surface area (Å²) in [5.74, 6) is 0.775. The minimum Gasteiger partial charge on any atom is -0.208 e. The highest BCUT2D eigenvalue weighted by Gasteiger charge is 2.12. The first-order chi connectivity index (χ1) is 17.8. The molecule has 0 aliphatic carbocycles. The van der Waals surface area contributed by atoms with Crippen LogP contribution in [0.15, 0.2) is 24.5 Å². The zero-order valence-corrected chi connectivity index (χ0v) is 25.2. The lowest BCUT2D eigenvalue weighted by Crippen LogP contribution is -2.26. The maximum atomic E-state index is 2.38. The Morgan fingerprint density at radius 2 is 0.722 bits per heavy atom. The Hall–Kier alpha value is -0.850. The molecule has 1 rings (SSSR count). The number of unbranched alkanes of at least 4 members (excludes halogenated alkanes) is 22. The first kappa shape index (κ1) is 33.2. The van der Waals surface area contributed by atoms with E-state index in [9.17, 15) is 0 Å². The maximum absolute atomic E-state index is 2.38. The molecule has 0 saturated heterocycles. The van der Waals surface area contributed by atoms with E-state index in [4.69, 9.17) is 0 Å². The smallest absolute Gasteiger partial charge is 0.168 e. The van der Waals surface area contributed by atoms with Gasteiger partial charge in [-0.25, -0.2) is 4.57 Å². The fraction of sp³-hybridized carbons (Fsp3) is 0.857. The van der Waals surface area contributed by atoms with Crippen LogP contribution in [0.1, 0.15) is 192 Å². The summed E-state index contributed by atoms with van der Waals surface area (Å²) in [6.45, 7) is 4.61. The topological polar surface area (TPSA) is 3.88 Å². The quantitative estimate of drug-likeness (QED) is 0.0835. The Bertz CT molecular complexity index is 520. The molecule has 36 heavy (non-hydrogen) atoms. The van der Waals surface area contributed by atoms with E-state index in [0.717, 1.165) is 5.92 Å². The van der Waals surface area contributed by atoms with E-state index in [1.165, 1.54) is 167 Å². The van der Waals surface area contributed by atoms with E-state index in [2.05, 4.69) is 50.0 Å². The van der Waals surface area contributed by atoms with Crippen molar-refractivity contribution < 1.29 is 4.57 Å². The lowest BCUT2D eigenvalue weighted by molar-refractivity contribution is -0.671. The van der Waals surface area contributed by atoms with Gasteiger partial charge in [0, 0.05) is 12.1 Å². The van der Waals surface area contributed by atoms with Gasteiger partial charge >= 0.3 is 0 Å². The number of aromatic nitrogens is 1. The molecule has 0 atom stereocenters. The number of aryl methyl sites for hydroxylation is 1. The molecule has 1 heterocycles. The van der Waals surface area contributed by atoms with Gasteiger partial charge in [0.05, 0.1) is 0 Å². The first-order valence-electron chi connectivity index (χ1n) is 16.7. The molecule has 0 aromatic carbocycles. The van der Waals surface area contributed by atoms with Crippen molar-refractivity contribution in [2.75, 3.05) is 0 Å². The number of hydrogen-bond donors (Lipinski definition) is 0. The summed E-state index contributed by atoms with van der Waals surface area (Å²) in [6.07, 6.45) is 42.0. The van der Waals surface area contributed by atoms with Crippen LogP contribution in [0.5, 0.6) is 0 Å². The van der Waals surface area contributed by atoms with Gasteiger partial charge in [0.15, 0.2) is 12.4 Å². The summed E-state index contributed by atoms with van der Waals surface area (Å²) in [7, 11) is 2.13. The van der Waals surface area contributed by atoms with Crippen molar-refractivity contribution in [3.05, 3.63) is 30.1 Å². The van der Waals surface area contributed by atoms with Gasteiger partial charge in [-0.3, -0.25) is 0 Å². The highest BCUT2D eigenvalue weighted by Crippen LogP contribution is 2.28. The molecule has 210 valence electrons. The third-order valence-electron chi connectivity index (χ3n) is 8.29. The molecule has 0 fully saturated rings. The lowest BCUT2D eigenvalue weighted by atomic mass is 9.88. The number of hydrogen-bond acceptors (Lipinski definition) is 0. The highest BCUT2D eigenvalue weighted by atomic mass is 14.9. The van der Waals surface area contributed by atoms with Crippen LogP contribution in [-0.4, -0.2) is 0 Å². The van der Waals surface area contributed by atoms with Crippen molar-refractivity contribution in [2.24, 2.45) is 7.05 Å². The lowest BCUT2D eigenvalue weighted by Gasteiger charge is -2.17. The Labute approximate surface area is 228 Å². The van der Waals surface area contributed by atoms with Crippen LogP contribution < -0.4 is 4.57 Å². The van der Waals surface area contributed by atoms with E-state index < -0.39 is 0 Å². The summed E-state index contributed by atoms with van der Waals surface area (Å²) in [5, 5.41) is 0. The molecule has 0 aliphatic rings. The summed E-state index contributed by atoms with van der Waals surface area (Å²) in [6, 6.07) is 4.76. The fourth-order valence-electron chi connectivity index (χ4n) is 5.73. The third-order valence-corrected chi connectivity index (χ3v) is 8.29. The molecule has 1 aromatic heterocycles. The third kappa shape index (κ3) is 20.2. The van der Waals surface area contributed by atoms with Crippen LogP contribution in [0.25, 0.3) is 0 Å². The van der Waals surface area contributed by atoms with Crippen LogP contribution in [0.2, 0.25) is 0 Å². The zero-order valence-electron chi connectivity index (χ0n) is 25.2. The summed E-state index contributed by atoms with van der Waals surface area (Å²) in [5.41, 5.74) is 1.58.